The molecule has 0 bridgehead atoms. The average Bonchev–Trinajstić information content (AvgIpc) is 3.02. The third kappa shape index (κ3) is 3.56. The zero-order chi connectivity index (χ0) is 18.1. The first-order valence-corrected chi connectivity index (χ1v) is 9.49. The van der Waals surface area contributed by atoms with Crippen molar-refractivity contribution in [3.05, 3.63) is 80.8 Å². The summed E-state index contributed by atoms with van der Waals surface area (Å²) in [6.07, 6.45) is 0. The van der Waals surface area contributed by atoms with Crippen LogP contribution in [0.15, 0.2) is 69.0 Å². The lowest BCUT2D eigenvalue weighted by atomic mass is 10.2. The molecular formula is C18H12BrFN4OS. The van der Waals surface area contributed by atoms with E-state index in [0.717, 1.165) is 10.0 Å². The molecular weight excluding hydrogens is 419 g/mol. The first-order valence-electron chi connectivity index (χ1n) is 7.71. The molecule has 0 fully saturated rings. The lowest BCUT2D eigenvalue weighted by molar-refractivity contribution is 0.628. The molecule has 130 valence electrons. The van der Waals surface area contributed by atoms with Gasteiger partial charge in [-0.1, -0.05) is 39.8 Å². The summed E-state index contributed by atoms with van der Waals surface area (Å²) in [5.74, 6) is 0.808. The summed E-state index contributed by atoms with van der Waals surface area (Å²) in [4.78, 5) is 20.7. The van der Waals surface area contributed by atoms with Crippen LogP contribution in [-0.4, -0.2) is 19.6 Å². The van der Waals surface area contributed by atoms with Gasteiger partial charge in [0.1, 0.15) is 5.82 Å². The topological polar surface area (TPSA) is 63.1 Å². The summed E-state index contributed by atoms with van der Waals surface area (Å²) in [6, 6.07) is 15.4. The second kappa shape index (κ2) is 7.05. The molecule has 8 heteroatoms. The van der Waals surface area contributed by atoms with Gasteiger partial charge < -0.3 is 0 Å². The molecule has 4 rings (SSSR count). The second-order valence-corrected chi connectivity index (χ2v) is 7.42. The minimum atomic E-state index is -0.322. The number of hydrogen-bond acceptors (Lipinski definition) is 4. The average molecular weight is 431 g/mol. The molecule has 2 aromatic heterocycles. The van der Waals surface area contributed by atoms with Crippen molar-refractivity contribution in [2.45, 2.75) is 10.9 Å². The van der Waals surface area contributed by atoms with Crippen molar-refractivity contribution >= 4 is 33.3 Å². The molecule has 0 atom stereocenters. The fourth-order valence-electron chi connectivity index (χ4n) is 2.44. The molecule has 0 aliphatic heterocycles. The highest BCUT2D eigenvalue weighted by atomic mass is 79.9. The van der Waals surface area contributed by atoms with Crippen LogP contribution in [0.3, 0.4) is 0 Å². The summed E-state index contributed by atoms with van der Waals surface area (Å²) < 4.78 is 15.8. The van der Waals surface area contributed by atoms with Gasteiger partial charge >= 0.3 is 0 Å². The Bertz CT molecular complexity index is 1120. The van der Waals surface area contributed by atoms with Crippen LogP contribution in [-0.2, 0) is 5.75 Å². The number of H-pyrrole nitrogens is 1. The molecule has 0 unspecified atom stereocenters. The summed E-state index contributed by atoms with van der Waals surface area (Å²) in [5.41, 5.74) is 2.04. The van der Waals surface area contributed by atoms with Crippen molar-refractivity contribution < 1.29 is 4.39 Å². The number of thioether (sulfide) groups is 1. The highest BCUT2D eigenvalue weighted by Crippen LogP contribution is 2.25. The number of fused-ring (bicyclic) bond motifs is 1. The maximum Gasteiger partial charge on any atom is 0.266 e. The zero-order valence-corrected chi connectivity index (χ0v) is 15.7. The van der Waals surface area contributed by atoms with Crippen LogP contribution >= 0.6 is 27.7 Å². The van der Waals surface area contributed by atoms with Crippen molar-refractivity contribution in [3.63, 3.8) is 0 Å². The highest BCUT2D eigenvalue weighted by Gasteiger charge is 2.12. The molecule has 1 N–H and O–H groups in total. The van der Waals surface area contributed by atoms with Gasteiger partial charge in [0.25, 0.3) is 5.56 Å². The standard InChI is InChI=1S/C18H12BrFN4OS/c19-13-5-1-11(2-6-13)10-26-18-22-17(12-3-7-14(20)8-4-12)21-15-9-16(25)23-24(15)18/h1-9H,10H2,(H,23,25). The lowest BCUT2D eigenvalue weighted by Gasteiger charge is -2.07. The lowest BCUT2D eigenvalue weighted by Crippen LogP contribution is -2.04. The van der Waals surface area contributed by atoms with Crippen molar-refractivity contribution in [1.29, 1.82) is 0 Å². The molecule has 0 aliphatic carbocycles. The van der Waals surface area contributed by atoms with Crippen LogP contribution in [0.1, 0.15) is 5.56 Å². The SMILES string of the molecule is O=c1cc2nc(-c3ccc(F)cc3)nc(SCc3ccc(Br)cc3)n2[nH]1. The third-order valence-corrected chi connectivity index (χ3v) is 5.25. The predicted octanol–water partition coefficient (Wildman–Crippen LogP) is 4.28. The highest BCUT2D eigenvalue weighted by molar-refractivity contribution is 9.10. The molecule has 0 saturated carbocycles. The fraction of sp³-hybridized carbons (Fsp3) is 0.0556. The predicted molar refractivity (Wildman–Crippen MR) is 103 cm³/mol. The number of nitrogens with one attached hydrogen (secondary N) is 1. The van der Waals surface area contributed by atoms with Gasteiger partial charge in [0, 0.05) is 21.9 Å². The van der Waals surface area contributed by atoms with Gasteiger partial charge in [-0.3, -0.25) is 9.89 Å². The molecule has 5 nitrogen and oxygen atoms in total. The van der Waals surface area contributed by atoms with Crippen LogP contribution < -0.4 is 5.56 Å². The largest absolute Gasteiger partial charge is 0.268 e. The summed E-state index contributed by atoms with van der Waals surface area (Å²) in [7, 11) is 0. The number of aromatic nitrogens is 4. The van der Waals surface area contributed by atoms with Gasteiger partial charge in [0.05, 0.1) is 0 Å². The maximum atomic E-state index is 13.2. The molecule has 26 heavy (non-hydrogen) atoms. The van der Waals surface area contributed by atoms with Crippen molar-refractivity contribution in [2.24, 2.45) is 0 Å². The minimum Gasteiger partial charge on any atom is -0.268 e. The van der Waals surface area contributed by atoms with Gasteiger partial charge in [0.2, 0.25) is 0 Å². The first kappa shape index (κ1) is 17.0. The van der Waals surface area contributed by atoms with Crippen molar-refractivity contribution in [3.8, 4) is 11.4 Å². The minimum absolute atomic E-state index is 0.249. The normalized spacial score (nSPS) is 11.2. The smallest absolute Gasteiger partial charge is 0.266 e. The molecule has 0 saturated heterocycles. The maximum absolute atomic E-state index is 13.2. The molecule has 0 radical (unpaired) electrons. The first-order chi connectivity index (χ1) is 12.6. The Hall–Kier alpha value is -2.45. The summed E-state index contributed by atoms with van der Waals surface area (Å²) in [5, 5.41) is 3.32. The van der Waals surface area contributed by atoms with Crippen LogP contribution in [0.25, 0.3) is 17.0 Å². The molecule has 2 aromatic carbocycles. The summed E-state index contributed by atoms with van der Waals surface area (Å²) in [6.45, 7) is 0. The van der Waals surface area contributed by atoms with Crippen LogP contribution in [0, 0.1) is 5.82 Å². The van der Waals surface area contributed by atoms with Gasteiger partial charge in [0.15, 0.2) is 16.6 Å². The monoisotopic (exact) mass is 430 g/mol. The van der Waals surface area contributed by atoms with E-state index in [1.54, 1.807) is 16.6 Å². The van der Waals surface area contributed by atoms with E-state index in [2.05, 4.69) is 31.0 Å². The van der Waals surface area contributed by atoms with E-state index in [1.807, 2.05) is 24.3 Å². The Morgan fingerprint density at radius 3 is 2.54 bits per heavy atom. The third-order valence-electron chi connectivity index (χ3n) is 3.71. The Balaban J connectivity index is 1.73. The Kier molecular flexibility index (Phi) is 4.60. The number of benzene rings is 2. The van der Waals surface area contributed by atoms with E-state index < -0.39 is 0 Å². The van der Waals surface area contributed by atoms with Crippen molar-refractivity contribution in [2.75, 3.05) is 0 Å². The molecule has 0 amide bonds. The van der Waals surface area contributed by atoms with Gasteiger partial charge in [-0.25, -0.2) is 18.9 Å². The molecule has 4 aromatic rings. The zero-order valence-electron chi connectivity index (χ0n) is 13.3. The molecule has 0 spiro atoms. The summed E-state index contributed by atoms with van der Waals surface area (Å²) >= 11 is 4.91. The van der Waals surface area contributed by atoms with Crippen LogP contribution in [0.4, 0.5) is 4.39 Å². The quantitative estimate of drug-likeness (QED) is 0.490. The molecule has 0 aliphatic rings. The van der Waals surface area contributed by atoms with E-state index >= 15 is 0 Å². The number of halogens is 2. The Morgan fingerprint density at radius 2 is 1.81 bits per heavy atom. The van der Waals surface area contributed by atoms with E-state index in [1.165, 1.54) is 30.0 Å². The van der Waals surface area contributed by atoms with E-state index in [-0.39, 0.29) is 11.4 Å². The number of nitrogens with zero attached hydrogens (tertiary/aromatic N) is 3. The Morgan fingerprint density at radius 1 is 1.08 bits per heavy atom. The van der Waals surface area contributed by atoms with Gasteiger partial charge in [-0.2, -0.15) is 0 Å². The van der Waals surface area contributed by atoms with E-state index in [4.69, 9.17) is 0 Å². The van der Waals surface area contributed by atoms with Crippen LogP contribution in [0.2, 0.25) is 0 Å². The number of aromatic amines is 1. The van der Waals surface area contributed by atoms with Crippen molar-refractivity contribution in [1.82, 2.24) is 19.6 Å². The van der Waals surface area contributed by atoms with Crippen LogP contribution in [0.5, 0.6) is 0 Å². The molecule has 2 heterocycles. The van der Waals surface area contributed by atoms with Gasteiger partial charge in [-0.15, -0.1) is 0 Å². The number of rotatable bonds is 4. The fourth-order valence-corrected chi connectivity index (χ4v) is 3.61. The van der Waals surface area contributed by atoms with E-state index in [0.29, 0.717) is 27.9 Å². The second-order valence-electron chi connectivity index (χ2n) is 5.57. The van der Waals surface area contributed by atoms with E-state index in [9.17, 15) is 9.18 Å². The van der Waals surface area contributed by atoms with Gasteiger partial charge in [-0.05, 0) is 42.0 Å². The number of hydrogen-bond donors (Lipinski definition) is 1. The Labute approximate surface area is 160 Å².